The second kappa shape index (κ2) is 7.46. The summed E-state index contributed by atoms with van der Waals surface area (Å²) in [5.74, 6) is 1.35. The maximum absolute atomic E-state index is 10.6. The van der Waals surface area contributed by atoms with Gasteiger partial charge in [-0.2, -0.15) is 0 Å². The van der Waals surface area contributed by atoms with E-state index < -0.39 is 5.60 Å². The molecule has 3 nitrogen and oxygen atoms in total. The minimum Gasteiger partial charge on any atom is -0.389 e. The Morgan fingerprint density at radius 3 is 2.39 bits per heavy atom. The minimum atomic E-state index is -0.494. The van der Waals surface area contributed by atoms with E-state index in [2.05, 4.69) is 26.1 Å². The highest BCUT2D eigenvalue weighted by Crippen LogP contribution is 2.33. The van der Waals surface area contributed by atoms with E-state index in [1.807, 2.05) is 0 Å². The number of rotatable bonds is 7. The van der Waals surface area contributed by atoms with Gasteiger partial charge in [0, 0.05) is 19.7 Å². The highest BCUT2D eigenvalue weighted by atomic mass is 16.5. The molecule has 0 aromatic rings. The second-order valence-electron chi connectivity index (χ2n) is 6.26. The van der Waals surface area contributed by atoms with Gasteiger partial charge in [-0.25, -0.2) is 0 Å². The van der Waals surface area contributed by atoms with Gasteiger partial charge in [0.25, 0.3) is 0 Å². The largest absolute Gasteiger partial charge is 0.389 e. The summed E-state index contributed by atoms with van der Waals surface area (Å²) in [5.41, 5.74) is -0.494. The van der Waals surface area contributed by atoms with E-state index in [0.717, 1.165) is 18.8 Å². The van der Waals surface area contributed by atoms with E-state index in [4.69, 9.17) is 4.74 Å². The molecular weight excluding hydrogens is 226 g/mol. The molecule has 108 valence electrons. The normalized spacial score (nSPS) is 30.7. The van der Waals surface area contributed by atoms with Crippen LogP contribution in [0.4, 0.5) is 0 Å². The third-order valence-corrected chi connectivity index (χ3v) is 4.46. The van der Waals surface area contributed by atoms with Gasteiger partial charge in [0.1, 0.15) is 0 Å². The van der Waals surface area contributed by atoms with Crippen LogP contribution in [-0.2, 0) is 4.74 Å². The van der Waals surface area contributed by atoms with Gasteiger partial charge >= 0.3 is 0 Å². The van der Waals surface area contributed by atoms with Crippen LogP contribution in [-0.4, -0.2) is 37.0 Å². The quantitative estimate of drug-likeness (QED) is 0.736. The Morgan fingerprint density at radius 2 is 1.94 bits per heavy atom. The lowest BCUT2D eigenvalue weighted by Gasteiger charge is -2.37. The number of hydrogen-bond acceptors (Lipinski definition) is 3. The van der Waals surface area contributed by atoms with Crippen LogP contribution in [0.2, 0.25) is 0 Å². The Bertz CT molecular complexity index is 223. The van der Waals surface area contributed by atoms with Crippen LogP contribution in [0.25, 0.3) is 0 Å². The van der Waals surface area contributed by atoms with Gasteiger partial charge in [-0.1, -0.05) is 27.2 Å². The summed E-state index contributed by atoms with van der Waals surface area (Å²) in [6, 6.07) is 0.336. The van der Waals surface area contributed by atoms with E-state index >= 15 is 0 Å². The topological polar surface area (TPSA) is 41.5 Å². The molecule has 1 saturated carbocycles. The van der Waals surface area contributed by atoms with Crippen molar-refractivity contribution in [2.45, 2.75) is 64.5 Å². The number of ether oxygens (including phenoxy) is 1. The first-order chi connectivity index (χ1) is 8.50. The van der Waals surface area contributed by atoms with Gasteiger partial charge in [0.2, 0.25) is 0 Å². The first kappa shape index (κ1) is 15.9. The van der Waals surface area contributed by atoms with E-state index in [1.54, 1.807) is 7.11 Å². The molecule has 0 spiro atoms. The third kappa shape index (κ3) is 4.87. The van der Waals surface area contributed by atoms with Crippen molar-refractivity contribution in [2.24, 2.45) is 11.8 Å². The molecule has 0 aromatic carbocycles. The van der Waals surface area contributed by atoms with E-state index in [9.17, 15) is 5.11 Å². The molecule has 0 amide bonds. The van der Waals surface area contributed by atoms with Crippen molar-refractivity contribution in [3.8, 4) is 0 Å². The molecule has 1 fully saturated rings. The molecular formula is C15H31NO2. The first-order valence-electron chi connectivity index (χ1n) is 7.45. The standard InChI is InChI=1S/C15H31NO2/c1-5-13-6-8-15(17,9-7-13)11-16-14(10-18-4)12(2)3/h12-14,16-17H,5-11H2,1-4H3. The molecule has 1 rings (SSSR count). The molecule has 0 bridgehead atoms. The fourth-order valence-electron chi connectivity index (χ4n) is 2.79. The Labute approximate surface area is 112 Å². The van der Waals surface area contributed by atoms with Crippen molar-refractivity contribution in [2.75, 3.05) is 20.3 Å². The Hall–Kier alpha value is -0.120. The average molecular weight is 257 g/mol. The highest BCUT2D eigenvalue weighted by Gasteiger charge is 2.33. The first-order valence-corrected chi connectivity index (χ1v) is 7.45. The summed E-state index contributed by atoms with van der Waals surface area (Å²) >= 11 is 0. The SMILES string of the molecule is CCC1CCC(O)(CNC(COC)C(C)C)CC1. The minimum absolute atomic E-state index is 0.336. The zero-order valence-electron chi connectivity index (χ0n) is 12.5. The fourth-order valence-corrected chi connectivity index (χ4v) is 2.79. The Morgan fingerprint density at radius 1 is 1.33 bits per heavy atom. The molecule has 0 radical (unpaired) electrons. The van der Waals surface area contributed by atoms with Gasteiger partial charge in [-0.05, 0) is 37.5 Å². The second-order valence-corrected chi connectivity index (χ2v) is 6.26. The van der Waals surface area contributed by atoms with Crippen LogP contribution in [0.3, 0.4) is 0 Å². The molecule has 0 heterocycles. The number of aliphatic hydroxyl groups is 1. The molecule has 18 heavy (non-hydrogen) atoms. The maximum atomic E-state index is 10.6. The van der Waals surface area contributed by atoms with Crippen LogP contribution < -0.4 is 5.32 Å². The molecule has 1 atom stereocenters. The number of nitrogens with one attached hydrogen (secondary N) is 1. The summed E-state index contributed by atoms with van der Waals surface area (Å²) < 4.78 is 5.23. The van der Waals surface area contributed by atoms with Crippen molar-refractivity contribution >= 4 is 0 Å². The predicted octanol–water partition coefficient (Wildman–Crippen LogP) is 2.58. The van der Waals surface area contributed by atoms with Crippen LogP contribution in [0.15, 0.2) is 0 Å². The van der Waals surface area contributed by atoms with Gasteiger partial charge in [-0.15, -0.1) is 0 Å². The van der Waals surface area contributed by atoms with Crippen molar-refractivity contribution in [1.82, 2.24) is 5.32 Å². The fraction of sp³-hybridized carbons (Fsp3) is 1.00. The van der Waals surface area contributed by atoms with Crippen LogP contribution in [0.1, 0.15) is 52.9 Å². The van der Waals surface area contributed by atoms with Gasteiger partial charge in [-0.3, -0.25) is 0 Å². The molecule has 1 aliphatic carbocycles. The highest BCUT2D eigenvalue weighted by molar-refractivity contribution is 4.88. The summed E-state index contributed by atoms with van der Waals surface area (Å²) in [5, 5.41) is 14.1. The van der Waals surface area contributed by atoms with Crippen molar-refractivity contribution < 1.29 is 9.84 Å². The van der Waals surface area contributed by atoms with Crippen molar-refractivity contribution in [3.63, 3.8) is 0 Å². The van der Waals surface area contributed by atoms with Crippen molar-refractivity contribution in [3.05, 3.63) is 0 Å². The predicted molar refractivity (Wildman–Crippen MR) is 75.7 cm³/mol. The van der Waals surface area contributed by atoms with Gasteiger partial charge in [0.15, 0.2) is 0 Å². The summed E-state index contributed by atoms with van der Waals surface area (Å²) in [6.45, 7) is 8.05. The summed E-state index contributed by atoms with van der Waals surface area (Å²) in [4.78, 5) is 0. The summed E-state index contributed by atoms with van der Waals surface area (Å²) in [7, 11) is 1.73. The van der Waals surface area contributed by atoms with Crippen LogP contribution >= 0.6 is 0 Å². The molecule has 1 unspecified atom stereocenters. The van der Waals surface area contributed by atoms with Gasteiger partial charge < -0.3 is 15.2 Å². The monoisotopic (exact) mass is 257 g/mol. The lowest BCUT2D eigenvalue weighted by atomic mass is 9.77. The molecule has 3 heteroatoms. The van der Waals surface area contributed by atoms with Crippen LogP contribution in [0, 0.1) is 11.8 Å². The Kier molecular flexibility index (Phi) is 6.61. The van der Waals surface area contributed by atoms with E-state index in [1.165, 1.54) is 19.3 Å². The van der Waals surface area contributed by atoms with E-state index in [-0.39, 0.29) is 0 Å². The van der Waals surface area contributed by atoms with Crippen molar-refractivity contribution in [1.29, 1.82) is 0 Å². The molecule has 2 N–H and O–H groups in total. The zero-order chi connectivity index (χ0) is 13.6. The lowest BCUT2D eigenvalue weighted by Crippen LogP contribution is -2.49. The molecule has 0 saturated heterocycles. The third-order valence-electron chi connectivity index (χ3n) is 4.46. The number of methoxy groups -OCH3 is 1. The molecule has 0 aromatic heterocycles. The lowest BCUT2D eigenvalue weighted by molar-refractivity contribution is -0.0142. The molecule has 0 aliphatic heterocycles. The Balaban J connectivity index is 2.37. The number of hydrogen-bond donors (Lipinski definition) is 2. The van der Waals surface area contributed by atoms with Crippen LogP contribution in [0.5, 0.6) is 0 Å². The average Bonchev–Trinajstić information content (AvgIpc) is 2.35. The van der Waals surface area contributed by atoms with Gasteiger partial charge in [0.05, 0.1) is 12.2 Å². The maximum Gasteiger partial charge on any atom is 0.0771 e. The van der Waals surface area contributed by atoms with E-state index in [0.29, 0.717) is 25.1 Å². The smallest absolute Gasteiger partial charge is 0.0771 e. The zero-order valence-corrected chi connectivity index (χ0v) is 12.5. The molecule has 1 aliphatic rings. The summed E-state index contributed by atoms with van der Waals surface area (Å²) in [6.07, 6.45) is 5.48.